The predicted octanol–water partition coefficient (Wildman–Crippen LogP) is 3.86. The number of phenolic OH excluding ortho intramolecular Hbond substituents is 1. The van der Waals surface area contributed by atoms with Crippen molar-refractivity contribution in [2.24, 2.45) is 0 Å². The summed E-state index contributed by atoms with van der Waals surface area (Å²) in [6, 6.07) is 14.6. The van der Waals surface area contributed by atoms with Gasteiger partial charge in [0, 0.05) is 42.3 Å². The number of amides is 1. The third kappa shape index (κ3) is 3.43. The fraction of sp³-hybridized carbons (Fsp3) is 0.238. The molecule has 0 atom stereocenters. The summed E-state index contributed by atoms with van der Waals surface area (Å²) in [7, 11) is 0. The van der Waals surface area contributed by atoms with E-state index >= 15 is 0 Å². The van der Waals surface area contributed by atoms with Gasteiger partial charge in [-0.05, 0) is 36.8 Å². The molecule has 4 rings (SSSR count). The number of piperazine rings is 1. The van der Waals surface area contributed by atoms with Gasteiger partial charge in [-0.3, -0.25) is 4.79 Å². The lowest BCUT2D eigenvalue weighted by Gasteiger charge is -2.36. The number of para-hydroxylation sites is 1. The quantitative estimate of drug-likeness (QED) is 0.732. The molecular weight excluding hydrogens is 362 g/mol. The molecule has 1 amide bonds. The number of anilines is 1. The molecule has 1 aliphatic rings. The fourth-order valence-corrected chi connectivity index (χ4v) is 3.65. The second-order valence-electron chi connectivity index (χ2n) is 6.76. The van der Waals surface area contributed by atoms with Crippen LogP contribution in [0.5, 0.6) is 5.75 Å². The maximum Gasteiger partial charge on any atom is 0.272 e. The highest BCUT2D eigenvalue weighted by Gasteiger charge is 2.24. The lowest BCUT2D eigenvalue weighted by atomic mass is 10.1. The van der Waals surface area contributed by atoms with E-state index in [1.165, 1.54) is 5.56 Å². The van der Waals surface area contributed by atoms with Crippen LogP contribution in [0.4, 0.5) is 5.69 Å². The lowest BCUT2D eigenvalue weighted by molar-refractivity contribution is 0.0741. The Morgan fingerprint density at radius 3 is 2.63 bits per heavy atom. The molecule has 1 aliphatic heterocycles. The van der Waals surface area contributed by atoms with E-state index in [0.717, 1.165) is 24.2 Å². The Morgan fingerprint density at radius 1 is 1.07 bits per heavy atom. The number of carbonyl (C=O) groups is 1. The Hall–Kier alpha value is -2.79. The van der Waals surface area contributed by atoms with Crippen LogP contribution in [0.1, 0.15) is 16.1 Å². The first-order chi connectivity index (χ1) is 13.0. The Balaban J connectivity index is 1.50. The summed E-state index contributed by atoms with van der Waals surface area (Å²) in [4.78, 5) is 21.3. The topological polar surface area (TPSA) is 56.7 Å². The smallest absolute Gasteiger partial charge is 0.272 e. The first-order valence-corrected chi connectivity index (χ1v) is 9.30. The Labute approximate surface area is 162 Å². The highest BCUT2D eigenvalue weighted by atomic mass is 35.5. The summed E-state index contributed by atoms with van der Waals surface area (Å²) in [6.07, 6.45) is 0. The first kappa shape index (κ1) is 17.6. The minimum Gasteiger partial charge on any atom is -0.506 e. The standard InChI is InChI=1S/C21H20ClN3O2/c1-14-5-7-16(22)13-18(14)24-9-11-25(12-10-24)21(27)17-8-6-15-3-2-4-19(26)20(15)23-17/h2-8,13,26H,9-12H2,1H3. The monoisotopic (exact) mass is 381 g/mol. The second kappa shape index (κ2) is 7.08. The predicted molar refractivity (Wildman–Crippen MR) is 108 cm³/mol. The van der Waals surface area contributed by atoms with Gasteiger partial charge in [-0.2, -0.15) is 0 Å². The summed E-state index contributed by atoms with van der Waals surface area (Å²) in [5, 5.41) is 11.5. The summed E-state index contributed by atoms with van der Waals surface area (Å²) in [6.45, 7) is 4.78. The SMILES string of the molecule is Cc1ccc(Cl)cc1N1CCN(C(=O)c2ccc3cccc(O)c3n2)CC1. The number of benzene rings is 2. The highest BCUT2D eigenvalue weighted by molar-refractivity contribution is 6.30. The Morgan fingerprint density at radius 2 is 1.85 bits per heavy atom. The van der Waals surface area contributed by atoms with Crippen LogP contribution in [0.15, 0.2) is 48.5 Å². The van der Waals surface area contributed by atoms with Crippen LogP contribution in [0, 0.1) is 6.92 Å². The molecule has 1 saturated heterocycles. The summed E-state index contributed by atoms with van der Waals surface area (Å²) >= 11 is 6.14. The van der Waals surface area contributed by atoms with Crippen molar-refractivity contribution in [1.29, 1.82) is 0 Å². The number of pyridine rings is 1. The number of nitrogens with zero attached hydrogens (tertiary/aromatic N) is 3. The molecule has 0 radical (unpaired) electrons. The molecule has 1 aromatic heterocycles. The number of aromatic hydroxyl groups is 1. The average molecular weight is 382 g/mol. The van der Waals surface area contributed by atoms with E-state index in [9.17, 15) is 9.90 Å². The van der Waals surface area contributed by atoms with Crippen LogP contribution in [-0.4, -0.2) is 47.1 Å². The highest BCUT2D eigenvalue weighted by Crippen LogP contribution is 2.26. The van der Waals surface area contributed by atoms with E-state index in [-0.39, 0.29) is 11.7 Å². The van der Waals surface area contributed by atoms with Gasteiger partial charge < -0.3 is 14.9 Å². The van der Waals surface area contributed by atoms with Crippen molar-refractivity contribution >= 4 is 34.1 Å². The van der Waals surface area contributed by atoms with Crippen LogP contribution < -0.4 is 4.90 Å². The number of halogens is 1. The van der Waals surface area contributed by atoms with Crippen LogP contribution in [0.3, 0.4) is 0 Å². The molecule has 1 fully saturated rings. The zero-order valence-electron chi connectivity index (χ0n) is 15.0. The molecular formula is C21H20ClN3O2. The number of aryl methyl sites for hydroxylation is 1. The molecule has 0 unspecified atom stereocenters. The van der Waals surface area contributed by atoms with E-state index in [0.29, 0.717) is 29.3 Å². The molecule has 5 nitrogen and oxygen atoms in total. The number of hydrogen-bond acceptors (Lipinski definition) is 4. The van der Waals surface area contributed by atoms with E-state index in [1.807, 2.05) is 35.2 Å². The number of phenols is 1. The zero-order valence-corrected chi connectivity index (χ0v) is 15.8. The van der Waals surface area contributed by atoms with Crippen molar-refractivity contribution in [3.05, 3.63) is 64.8 Å². The molecule has 0 spiro atoms. The second-order valence-corrected chi connectivity index (χ2v) is 7.19. The number of rotatable bonds is 2. The molecule has 0 saturated carbocycles. The molecule has 6 heteroatoms. The summed E-state index contributed by atoms with van der Waals surface area (Å²) in [5.74, 6) is -0.0222. The van der Waals surface area contributed by atoms with Crippen LogP contribution in [0.25, 0.3) is 10.9 Å². The largest absolute Gasteiger partial charge is 0.506 e. The summed E-state index contributed by atoms with van der Waals surface area (Å²) in [5.41, 5.74) is 3.10. The molecule has 2 aromatic carbocycles. The molecule has 0 bridgehead atoms. The average Bonchev–Trinajstić information content (AvgIpc) is 2.69. The van der Waals surface area contributed by atoms with Crippen molar-refractivity contribution in [3.8, 4) is 5.75 Å². The van der Waals surface area contributed by atoms with Crippen molar-refractivity contribution in [3.63, 3.8) is 0 Å². The Kier molecular flexibility index (Phi) is 4.62. The minimum atomic E-state index is -0.109. The van der Waals surface area contributed by atoms with Gasteiger partial charge in [0.15, 0.2) is 0 Å². The molecule has 1 N–H and O–H groups in total. The van der Waals surface area contributed by atoms with Gasteiger partial charge in [0.2, 0.25) is 0 Å². The first-order valence-electron chi connectivity index (χ1n) is 8.92. The van der Waals surface area contributed by atoms with Crippen LogP contribution in [0.2, 0.25) is 5.02 Å². The Bertz CT molecular complexity index is 1010. The minimum absolute atomic E-state index is 0.0865. The number of carbonyl (C=O) groups excluding carboxylic acids is 1. The van der Waals surface area contributed by atoms with Crippen molar-refractivity contribution in [2.45, 2.75) is 6.92 Å². The number of aromatic nitrogens is 1. The lowest BCUT2D eigenvalue weighted by Crippen LogP contribution is -2.49. The maximum absolute atomic E-state index is 12.9. The van der Waals surface area contributed by atoms with Gasteiger partial charge in [0.1, 0.15) is 17.0 Å². The molecule has 27 heavy (non-hydrogen) atoms. The van der Waals surface area contributed by atoms with Crippen LogP contribution >= 0.6 is 11.6 Å². The third-order valence-corrected chi connectivity index (χ3v) is 5.23. The van der Waals surface area contributed by atoms with Crippen LogP contribution in [-0.2, 0) is 0 Å². The molecule has 3 aromatic rings. The molecule has 2 heterocycles. The van der Waals surface area contributed by atoms with Gasteiger partial charge in [0.05, 0.1) is 0 Å². The van der Waals surface area contributed by atoms with Crippen molar-refractivity contribution in [2.75, 3.05) is 31.1 Å². The van der Waals surface area contributed by atoms with E-state index in [4.69, 9.17) is 11.6 Å². The van der Waals surface area contributed by atoms with Gasteiger partial charge in [0.25, 0.3) is 5.91 Å². The van der Waals surface area contributed by atoms with E-state index in [2.05, 4.69) is 16.8 Å². The van der Waals surface area contributed by atoms with Crippen molar-refractivity contribution in [1.82, 2.24) is 9.88 Å². The third-order valence-electron chi connectivity index (χ3n) is 5.00. The number of hydrogen-bond donors (Lipinski definition) is 1. The molecule has 0 aliphatic carbocycles. The zero-order chi connectivity index (χ0) is 19.0. The fourth-order valence-electron chi connectivity index (χ4n) is 3.49. The number of fused-ring (bicyclic) bond motifs is 1. The van der Waals surface area contributed by atoms with Gasteiger partial charge in [-0.1, -0.05) is 35.9 Å². The van der Waals surface area contributed by atoms with E-state index in [1.54, 1.807) is 18.2 Å². The van der Waals surface area contributed by atoms with E-state index < -0.39 is 0 Å². The maximum atomic E-state index is 12.9. The van der Waals surface area contributed by atoms with Gasteiger partial charge in [-0.15, -0.1) is 0 Å². The van der Waals surface area contributed by atoms with Crippen molar-refractivity contribution < 1.29 is 9.90 Å². The molecule has 138 valence electrons. The summed E-state index contributed by atoms with van der Waals surface area (Å²) < 4.78 is 0. The normalized spacial score (nSPS) is 14.6. The van der Waals surface area contributed by atoms with Gasteiger partial charge in [-0.25, -0.2) is 4.98 Å². The van der Waals surface area contributed by atoms with Gasteiger partial charge >= 0.3 is 0 Å².